The van der Waals surface area contributed by atoms with E-state index in [9.17, 15) is 37.6 Å². The molecule has 4 amide bonds. The summed E-state index contributed by atoms with van der Waals surface area (Å²) in [4.78, 5) is 65.4. The quantitative estimate of drug-likeness (QED) is 0.0689. The maximum Gasteiger partial charge on any atom is 0.417 e. The predicted octanol–water partition coefficient (Wildman–Crippen LogP) is 7.41. The lowest BCUT2D eigenvalue weighted by molar-refractivity contribution is -0.147. The van der Waals surface area contributed by atoms with Crippen LogP contribution in [0.4, 0.5) is 24.5 Å². The molecule has 2 saturated heterocycles. The number of benzene rings is 3. The highest BCUT2D eigenvalue weighted by atomic mass is 32.1. The molecule has 1 N–H and O–H groups in total. The van der Waals surface area contributed by atoms with Crippen LogP contribution in [-0.4, -0.2) is 114 Å². The Morgan fingerprint density at radius 1 is 0.957 bits per heavy atom. The number of nitrogens with one attached hydrogen (secondary N) is 1. The number of alkyl halides is 3. The SMILES string of the molecule is Cc1ncsc1-c1ccc(CNC(=O)[C@@H]2CCCN2C(=O)C(C(C)C)N2CC(OCCOCCOCCOc3ccc(N4C(=S)N(c5ccc(C#N)c(C(F)(F)F)c5)C(=O)C4(C)C)cc3)=CC2=O)cc1. The monoisotopic (exact) mass is 1000 g/mol. The van der Waals surface area contributed by atoms with Crippen molar-refractivity contribution in [2.45, 2.75) is 77.8 Å². The van der Waals surface area contributed by atoms with Gasteiger partial charge in [-0.15, -0.1) is 11.3 Å². The highest BCUT2D eigenvalue weighted by Crippen LogP contribution is 2.40. The third-order valence-corrected chi connectivity index (χ3v) is 13.6. The summed E-state index contributed by atoms with van der Waals surface area (Å²) in [6.45, 7) is 11.3. The molecule has 3 aliphatic rings. The standard InChI is InChI=1S/C50H54F3N7O8S2/c1-31(2)43(46(63)57-18-6-7-41(57)45(62)55-28-33-8-10-34(11-9-33)44-32(3)56-30-70-44)58-29-39(26-42(58)61)68-24-22-66-20-19-65-21-23-67-38-16-14-36(15-17-38)60-48(69)59(47(64)49(60,4)5)37-13-12-35(27-54)40(25-37)50(51,52)53/h8-17,25-26,30-31,41,43H,6-7,18-24,28-29H2,1-5H3,(H,55,62)/t41-,43?/m0/s1. The number of nitrogens with zero attached hydrogens (tertiary/aromatic N) is 6. The van der Waals surface area contributed by atoms with Crippen LogP contribution in [0.3, 0.4) is 0 Å². The fourth-order valence-corrected chi connectivity index (χ4v) is 10.0. The second kappa shape index (κ2) is 22.1. The Hall–Kier alpha value is -6.40. The van der Waals surface area contributed by atoms with Crippen LogP contribution in [0.1, 0.15) is 62.9 Å². The number of carbonyl (C=O) groups is 4. The summed E-state index contributed by atoms with van der Waals surface area (Å²) in [7, 11) is 0. The second-order valence-electron chi connectivity index (χ2n) is 17.7. The van der Waals surface area contributed by atoms with Crippen LogP contribution in [0.15, 0.2) is 84.1 Å². The lowest BCUT2D eigenvalue weighted by atomic mass is 10.0. The third-order valence-electron chi connectivity index (χ3n) is 12.2. The summed E-state index contributed by atoms with van der Waals surface area (Å²) < 4.78 is 64.1. The van der Waals surface area contributed by atoms with Gasteiger partial charge in [0.25, 0.3) is 11.8 Å². The molecule has 0 aliphatic carbocycles. The number of rotatable bonds is 20. The minimum atomic E-state index is -4.81. The van der Waals surface area contributed by atoms with Crippen molar-refractivity contribution < 1.29 is 51.3 Å². The maximum atomic E-state index is 14.1. The molecule has 20 heteroatoms. The van der Waals surface area contributed by atoms with Crippen LogP contribution >= 0.6 is 23.6 Å². The number of halogens is 3. The Bertz CT molecular complexity index is 2650. The lowest BCUT2D eigenvalue weighted by Gasteiger charge is -2.35. The molecule has 0 bridgehead atoms. The van der Waals surface area contributed by atoms with E-state index in [1.165, 1.54) is 17.0 Å². The number of thiazole rings is 1. The van der Waals surface area contributed by atoms with E-state index in [4.69, 9.17) is 31.2 Å². The van der Waals surface area contributed by atoms with E-state index in [2.05, 4.69) is 10.3 Å². The Morgan fingerprint density at radius 2 is 1.61 bits per heavy atom. The lowest BCUT2D eigenvalue weighted by Crippen LogP contribution is -2.55. The summed E-state index contributed by atoms with van der Waals surface area (Å²) in [5.74, 6) is -0.626. The average molecular weight is 1000 g/mol. The highest BCUT2D eigenvalue weighted by molar-refractivity contribution is 7.81. The molecular weight excluding hydrogens is 948 g/mol. The molecule has 1 aromatic heterocycles. The first-order valence-electron chi connectivity index (χ1n) is 22.8. The van der Waals surface area contributed by atoms with Gasteiger partial charge in [-0.1, -0.05) is 38.1 Å². The van der Waals surface area contributed by atoms with Crippen molar-refractivity contribution in [3.63, 3.8) is 0 Å². The van der Waals surface area contributed by atoms with Crippen molar-refractivity contribution in [2.75, 3.05) is 62.5 Å². The Kier molecular flexibility index (Phi) is 16.3. The Labute approximate surface area is 413 Å². The zero-order valence-corrected chi connectivity index (χ0v) is 41.0. The van der Waals surface area contributed by atoms with Crippen molar-refractivity contribution in [1.29, 1.82) is 5.26 Å². The Morgan fingerprint density at radius 3 is 2.24 bits per heavy atom. The molecule has 370 valence electrons. The normalized spacial score (nSPS) is 17.3. The minimum absolute atomic E-state index is 0.0159. The molecule has 70 heavy (non-hydrogen) atoms. The number of aromatic nitrogens is 1. The predicted molar refractivity (Wildman–Crippen MR) is 260 cm³/mol. The van der Waals surface area contributed by atoms with Crippen LogP contribution in [-0.2, 0) is 46.1 Å². The summed E-state index contributed by atoms with van der Waals surface area (Å²) in [6, 6.07) is 17.9. The number of hydrogen-bond donors (Lipinski definition) is 1. The van der Waals surface area contributed by atoms with Crippen molar-refractivity contribution in [1.82, 2.24) is 20.1 Å². The summed E-state index contributed by atoms with van der Waals surface area (Å²) in [6.07, 6.45) is -2.19. The van der Waals surface area contributed by atoms with Crippen LogP contribution in [0.25, 0.3) is 10.4 Å². The molecular formula is C50H54F3N7O8S2. The average Bonchev–Trinajstić information content (AvgIpc) is 4.12. The van der Waals surface area contributed by atoms with Gasteiger partial charge in [-0.2, -0.15) is 18.4 Å². The second-order valence-corrected chi connectivity index (χ2v) is 18.9. The minimum Gasteiger partial charge on any atom is -0.493 e. The molecule has 4 aromatic rings. The molecule has 2 fully saturated rings. The van der Waals surface area contributed by atoms with Gasteiger partial charge in [0.05, 0.1) is 71.9 Å². The number of anilines is 2. The molecule has 0 radical (unpaired) electrons. The molecule has 15 nitrogen and oxygen atoms in total. The number of amides is 4. The molecule has 4 heterocycles. The van der Waals surface area contributed by atoms with Crippen LogP contribution < -0.4 is 19.9 Å². The van der Waals surface area contributed by atoms with Gasteiger partial charge in [-0.05, 0) is 105 Å². The van der Waals surface area contributed by atoms with Gasteiger partial charge in [-0.25, -0.2) is 4.98 Å². The third kappa shape index (κ3) is 11.4. The van der Waals surface area contributed by atoms with Gasteiger partial charge in [0, 0.05) is 24.9 Å². The van der Waals surface area contributed by atoms with Crippen molar-refractivity contribution >= 4 is 63.7 Å². The first kappa shape index (κ1) is 51.5. The summed E-state index contributed by atoms with van der Waals surface area (Å²) in [5.41, 5.74) is 2.27. The van der Waals surface area contributed by atoms with Gasteiger partial charge in [0.15, 0.2) is 5.11 Å². The number of nitriles is 1. The van der Waals surface area contributed by atoms with Gasteiger partial charge in [0.2, 0.25) is 11.8 Å². The van der Waals surface area contributed by atoms with E-state index in [-0.39, 0.29) is 80.6 Å². The fraction of sp³-hybridized carbons (Fsp3) is 0.420. The summed E-state index contributed by atoms with van der Waals surface area (Å²) in [5, 5.41) is 12.2. The fourth-order valence-electron chi connectivity index (χ4n) is 8.67. The van der Waals surface area contributed by atoms with E-state index < -0.39 is 40.8 Å². The number of thiocarbonyl (C=S) groups is 1. The number of ether oxygens (including phenoxy) is 4. The number of hydrogen-bond acceptors (Lipinski definition) is 12. The van der Waals surface area contributed by atoms with Crippen LogP contribution in [0.2, 0.25) is 0 Å². The van der Waals surface area contributed by atoms with Crippen molar-refractivity contribution in [3.05, 3.63) is 106 Å². The molecule has 3 aromatic carbocycles. The number of aryl methyl sites for hydroxylation is 1. The molecule has 0 spiro atoms. The van der Waals surface area contributed by atoms with Gasteiger partial charge < -0.3 is 39.0 Å². The Balaban J connectivity index is 0.790. The molecule has 0 saturated carbocycles. The maximum absolute atomic E-state index is 14.1. The number of carbonyl (C=O) groups excluding carboxylic acids is 4. The van der Waals surface area contributed by atoms with Crippen LogP contribution in [0, 0.1) is 24.2 Å². The van der Waals surface area contributed by atoms with Gasteiger partial charge >= 0.3 is 6.18 Å². The largest absolute Gasteiger partial charge is 0.493 e. The first-order chi connectivity index (χ1) is 33.4. The first-order valence-corrected chi connectivity index (χ1v) is 24.1. The topological polar surface area (TPSA) is 167 Å². The van der Waals surface area contributed by atoms with E-state index in [0.29, 0.717) is 43.1 Å². The highest BCUT2D eigenvalue weighted by Gasteiger charge is 2.51. The van der Waals surface area contributed by atoms with Crippen molar-refractivity contribution in [2.24, 2.45) is 5.92 Å². The zero-order chi connectivity index (χ0) is 50.3. The van der Waals surface area contributed by atoms with E-state index in [1.54, 1.807) is 65.3 Å². The van der Waals surface area contributed by atoms with E-state index in [0.717, 1.165) is 38.7 Å². The molecule has 2 atom stereocenters. The number of likely N-dealkylation sites (tertiary alicyclic amines) is 1. The van der Waals surface area contributed by atoms with E-state index >= 15 is 0 Å². The van der Waals surface area contributed by atoms with Crippen molar-refractivity contribution in [3.8, 4) is 22.3 Å². The van der Waals surface area contributed by atoms with Gasteiger partial charge in [0.1, 0.15) is 42.3 Å². The molecule has 7 rings (SSSR count). The molecule has 3 aliphatic heterocycles. The summed E-state index contributed by atoms with van der Waals surface area (Å²) >= 11 is 7.20. The van der Waals surface area contributed by atoms with Gasteiger partial charge in [-0.3, -0.25) is 24.1 Å². The zero-order valence-electron chi connectivity index (χ0n) is 39.4. The smallest absolute Gasteiger partial charge is 0.417 e. The van der Waals surface area contributed by atoms with Crippen LogP contribution in [0.5, 0.6) is 5.75 Å². The molecule has 1 unspecified atom stereocenters. The van der Waals surface area contributed by atoms with E-state index in [1.807, 2.05) is 50.5 Å².